The number of carbonyl (C=O) groups is 1. The van der Waals surface area contributed by atoms with Gasteiger partial charge in [-0.1, -0.05) is 0 Å². The first-order valence-corrected chi connectivity index (χ1v) is 6.92. The van der Waals surface area contributed by atoms with Crippen molar-refractivity contribution in [1.29, 1.82) is 0 Å². The normalized spacial score (nSPS) is 10.7. The zero-order valence-electron chi connectivity index (χ0n) is 12.0. The van der Waals surface area contributed by atoms with Gasteiger partial charge in [0.15, 0.2) is 11.6 Å². The van der Waals surface area contributed by atoms with Crippen molar-refractivity contribution in [3.8, 4) is 0 Å². The minimum absolute atomic E-state index is 0.0167. The first-order chi connectivity index (χ1) is 11.1. The van der Waals surface area contributed by atoms with E-state index in [1.165, 1.54) is 11.8 Å². The number of nitrogens with zero attached hydrogens (tertiary/aromatic N) is 4. The molecule has 118 valence electrons. The number of halogens is 2. The van der Waals surface area contributed by atoms with Crippen molar-refractivity contribution in [2.24, 2.45) is 0 Å². The predicted molar refractivity (Wildman–Crippen MR) is 82.0 cm³/mol. The van der Waals surface area contributed by atoms with Crippen molar-refractivity contribution in [2.45, 2.75) is 6.54 Å². The van der Waals surface area contributed by atoms with E-state index in [1.807, 2.05) is 0 Å². The van der Waals surface area contributed by atoms with Gasteiger partial charge in [0.1, 0.15) is 6.54 Å². The van der Waals surface area contributed by atoms with E-state index in [0.29, 0.717) is 11.2 Å². The molecule has 3 aromatic rings. The van der Waals surface area contributed by atoms with Crippen molar-refractivity contribution in [3.05, 3.63) is 41.7 Å². The molecule has 0 unspecified atom stereocenters. The van der Waals surface area contributed by atoms with Crippen molar-refractivity contribution in [1.82, 2.24) is 19.7 Å². The molecular weight excluding hydrogens is 325 g/mol. The number of esters is 1. The maximum atomic E-state index is 13.7. The molecule has 2 aromatic heterocycles. The lowest BCUT2D eigenvalue weighted by Gasteiger charge is -2.08. The summed E-state index contributed by atoms with van der Waals surface area (Å²) in [6.45, 7) is -0.0167. The Labute approximate surface area is 135 Å². The second-order valence-corrected chi connectivity index (χ2v) is 4.95. The number of aromatic nitrogens is 4. The fourth-order valence-electron chi connectivity index (χ4n) is 2.03. The molecule has 1 N–H and O–H groups in total. The van der Waals surface area contributed by atoms with Crippen LogP contribution in [0.5, 0.6) is 0 Å². The lowest BCUT2D eigenvalue weighted by atomic mass is 10.2. The Balaban J connectivity index is 1.94. The van der Waals surface area contributed by atoms with Crippen LogP contribution in [0.3, 0.4) is 0 Å². The zero-order chi connectivity index (χ0) is 16.4. The highest BCUT2D eigenvalue weighted by molar-refractivity contribution is 6.28. The topological polar surface area (TPSA) is 81.9 Å². The Morgan fingerprint density at radius 1 is 1.43 bits per heavy atom. The lowest BCUT2D eigenvalue weighted by Crippen LogP contribution is -2.12. The van der Waals surface area contributed by atoms with Gasteiger partial charge in [-0.05, 0) is 29.8 Å². The van der Waals surface area contributed by atoms with Crippen molar-refractivity contribution in [2.75, 3.05) is 12.4 Å². The van der Waals surface area contributed by atoms with Gasteiger partial charge in [0.25, 0.3) is 0 Å². The molecule has 0 atom stereocenters. The van der Waals surface area contributed by atoms with Crippen LogP contribution in [0.2, 0.25) is 5.28 Å². The summed E-state index contributed by atoms with van der Waals surface area (Å²) in [6, 6.07) is 5.25. The molecule has 23 heavy (non-hydrogen) atoms. The van der Waals surface area contributed by atoms with Gasteiger partial charge in [-0.2, -0.15) is 10.1 Å². The predicted octanol–water partition coefficient (Wildman–Crippen LogP) is 2.54. The molecule has 0 saturated heterocycles. The summed E-state index contributed by atoms with van der Waals surface area (Å²) in [7, 11) is 1.31. The number of anilines is 2. The Kier molecular flexibility index (Phi) is 4.07. The van der Waals surface area contributed by atoms with Gasteiger partial charge in [0, 0.05) is 11.1 Å². The summed E-state index contributed by atoms with van der Waals surface area (Å²) < 4.78 is 19.8. The third-order valence-electron chi connectivity index (χ3n) is 3.13. The molecule has 0 aliphatic heterocycles. The van der Waals surface area contributed by atoms with Crippen LogP contribution in [0.4, 0.5) is 15.9 Å². The van der Waals surface area contributed by atoms with Crippen LogP contribution in [0.15, 0.2) is 30.6 Å². The number of hydrogen-bond donors (Lipinski definition) is 1. The maximum absolute atomic E-state index is 13.7. The van der Waals surface area contributed by atoms with E-state index in [-0.39, 0.29) is 17.6 Å². The van der Waals surface area contributed by atoms with Crippen molar-refractivity contribution >= 4 is 40.0 Å². The quantitative estimate of drug-likeness (QED) is 0.583. The first-order valence-electron chi connectivity index (χ1n) is 6.54. The molecule has 0 radical (unpaired) electrons. The fourth-order valence-corrected chi connectivity index (χ4v) is 2.16. The van der Waals surface area contributed by atoms with Gasteiger partial charge in [0.2, 0.25) is 5.28 Å². The van der Waals surface area contributed by atoms with E-state index in [0.717, 1.165) is 11.6 Å². The molecule has 0 aliphatic carbocycles. The van der Waals surface area contributed by atoms with Crippen molar-refractivity contribution < 1.29 is 13.9 Å². The van der Waals surface area contributed by atoms with Crippen molar-refractivity contribution in [3.63, 3.8) is 0 Å². The molecule has 0 fully saturated rings. The highest BCUT2D eigenvalue weighted by atomic mass is 35.5. The zero-order valence-corrected chi connectivity index (χ0v) is 12.7. The van der Waals surface area contributed by atoms with Gasteiger partial charge < -0.3 is 10.1 Å². The summed E-state index contributed by atoms with van der Waals surface area (Å²) in [4.78, 5) is 18.7. The standard InChI is InChI=1S/C14H11ClFN5O2/c1-23-12(22)7-21-11-4-9(3-2-8(11)5-18-21)19-13-10(16)6-17-14(15)20-13/h2-6H,7H2,1H3,(H,17,19,20). The van der Waals surface area contributed by atoms with Gasteiger partial charge in [-0.3, -0.25) is 9.48 Å². The summed E-state index contributed by atoms with van der Waals surface area (Å²) in [5.74, 6) is -1.08. The van der Waals surface area contributed by atoms with E-state index in [9.17, 15) is 9.18 Å². The third-order valence-corrected chi connectivity index (χ3v) is 3.31. The number of benzene rings is 1. The number of hydrogen-bond acceptors (Lipinski definition) is 6. The summed E-state index contributed by atoms with van der Waals surface area (Å²) >= 11 is 5.66. The van der Waals surface area contributed by atoms with E-state index >= 15 is 0 Å². The molecule has 0 aliphatic rings. The van der Waals surface area contributed by atoms with Crippen LogP contribution in [0, 0.1) is 5.82 Å². The summed E-state index contributed by atoms with van der Waals surface area (Å²) in [5, 5.41) is 7.72. The van der Waals surface area contributed by atoms with E-state index in [1.54, 1.807) is 24.4 Å². The maximum Gasteiger partial charge on any atom is 0.327 e. The number of carbonyl (C=O) groups excluding carboxylic acids is 1. The van der Waals surface area contributed by atoms with Crippen LogP contribution in [-0.4, -0.2) is 32.8 Å². The number of rotatable bonds is 4. The average Bonchev–Trinajstić information content (AvgIpc) is 2.93. The largest absolute Gasteiger partial charge is 0.468 e. The number of nitrogens with one attached hydrogen (secondary N) is 1. The number of fused-ring (bicyclic) bond motifs is 1. The Morgan fingerprint density at radius 2 is 2.26 bits per heavy atom. The molecule has 0 amide bonds. The average molecular weight is 336 g/mol. The highest BCUT2D eigenvalue weighted by Gasteiger charge is 2.10. The van der Waals surface area contributed by atoms with Crippen LogP contribution in [0.1, 0.15) is 0 Å². The van der Waals surface area contributed by atoms with Crippen LogP contribution >= 0.6 is 11.6 Å². The Morgan fingerprint density at radius 3 is 3.04 bits per heavy atom. The molecule has 7 nitrogen and oxygen atoms in total. The van der Waals surface area contributed by atoms with Gasteiger partial charge in [-0.15, -0.1) is 0 Å². The molecule has 0 saturated carbocycles. The smallest absolute Gasteiger partial charge is 0.327 e. The van der Waals surface area contributed by atoms with E-state index in [4.69, 9.17) is 11.6 Å². The molecule has 3 rings (SSSR count). The monoisotopic (exact) mass is 335 g/mol. The molecule has 0 bridgehead atoms. The lowest BCUT2D eigenvalue weighted by molar-refractivity contribution is -0.141. The summed E-state index contributed by atoms with van der Waals surface area (Å²) in [6.07, 6.45) is 2.61. The number of ether oxygens (including phenoxy) is 1. The molecule has 9 heteroatoms. The van der Waals surface area contributed by atoms with E-state index < -0.39 is 11.8 Å². The third kappa shape index (κ3) is 3.21. The van der Waals surface area contributed by atoms with Gasteiger partial charge in [-0.25, -0.2) is 9.37 Å². The van der Waals surface area contributed by atoms with Gasteiger partial charge in [0.05, 0.1) is 25.0 Å². The number of methoxy groups -OCH3 is 1. The highest BCUT2D eigenvalue weighted by Crippen LogP contribution is 2.23. The minimum atomic E-state index is -0.627. The Hall–Kier alpha value is -2.74. The second kappa shape index (κ2) is 6.17. The minimum Gasteiger partial charge on any atom is -0.468 e. The molecule has 1 aromatic carbocycles. The SMILES string of the molecule is COC(=O)Cn1ncc2ccc(Nc3nc(Cl)ncc3F)cc21. The summed E-state index contributed by atoms with van der Waals surface area (Å²) in [5.41, 5.74) is 1.26. The molecule has 2 heterocycles. The van der Waals surface area contributed by atoms with Crippen LogP contribution in [0.25, 0.3) is 10.9 Å². The molecular formula is C14H11ClFN5O2. The second-order valence-electron chi connectivity index (χ2n) is 4.61. The fraction of sp³-hybridized carbons (Fsp3) is 0.143. The van der Waals surface area contributed by atoms with Crippen LogP contribution < -0.4 is 5.32 Å². The van der Waals surface area contributed by atoms with Gasteiger partial charge >= 0.3 is 5.97 Å². The van der Waals surface area contributed by atoms with E-state index in [2.05, 4.69) is 25.1 Å². The Bertz CT molecular complexity index is 883. The first kappa shape index (κ1) is 15.2. The van der Waals surface area contributed by atoms with Crippen LogP contribution in [-0.2, 0) is 16.1 Å². The molecule has 0 spiro atoms.